The Bertz CT molecular complexity index is 1110. The maximum absolute atomic E-state index is 13.5. The highest BCUT2D eigenvalue weighted by molar-refractivity contribution is 14.0. The Morgan fingerprint density at radius 3 is 2.53 bits per heavy atom. The normalized spacial score (nSPS) is 11.9. The molecular weight excluding hydrogens is 520 g/mol. The number of nitrogens with one attached hydrogen (secondary N) is 4. The Balaban J connectivity index is 0.00000320. The van der Waals surface area contributed by atoms with E-state index in [9.17, 15) is 12.8 Å². The third-order valence-corrected chi connectivity index (χ3v) is 6.03. The highest BCUT2D eigenvalue weighted by Gasteiger charge is 2.10. The van der Waals surface area contributed by atoms with Gasteiger partial charge in [0, 0.05) is 37.2 Å². The van der Waals surface area contributed by atoms with Crippen molar-refractivity contribution in [3.8, 4) is 0 Å². The molecule has 0 fully saturated rings. The summed E-state index contributed by atoms with van der Waals surface area (Å²) in [6.07, 6.45) is 2.60. The van der Waals surface area contributed by atoms with Gasteiger partial charge < -0.3 is 15.6 Å². The molecular formula is C20H25FIN5O2S. The van der Waals surface area contributed by atoms with Crippen LogP contribution in [0.5, 0.6) is 0 Å². The van der Waals surface area contributed by atoms with E-state index in [0.717, 1.165) is 22.0 Å². The van der Waals surface area contributed by atoms with Crippen LogP contribution in [0.1, 0.15) is 11.1 Å². The summed E-state index contributed by atoms with van der Waals surface area (Å²) >= 11 is 0. The second-order valence-corrected chi connectivity index (χ2v) is 8.34. The Morgan fingerprint density at radius 2 is 1.87 bits per heavy atom. The molecule has 3 aromatic rings. The molecule has 0 amide bonds. The molecule has 0 spiro atoms. The summed E-state index contributed by atoms with van der Waals surface area (Å²) in [6.45, 7) is 1.13. The largest absolute Gasteiger partial charge is 0.361 e. The summed E-state index contributed by atoms with van der Waals surface area (Å²) in [5.41, 5.74) is 2.87. The van der Waals surface area contributed by atoms with Gasteiger partial charge in [0.05, 0.1) is 4.90 Å². The fourth-order valence-corrected chi connectivity index (χ4v) is 3.71. The zero-order valence-corrected chi connectivity index (χ0v) is 19.8. The number of fused-ring (bicyclic) bond motifs is 1. The first kappa shape index (κ1) is 24.1. The Labute approximate surface area is 192 Å². The molecule has 10 heteroatoms. The fraction of sp³-hybridized carbons (Fsp3) is 0.250. The number of guanidine groups is 1. The van der Waals surface area contributed by atoms with Gasteiger partial charge in [0.15, 0.2) is 5.96 Å². The van der Waals surface area contributed by atoms with E-state index in [2.05, 4.69) is 25.3 Å². The van der Waals surface area contributed by atoms with Gasteiger partial charge in [-0.3, -0.25) is 4.99 Å². The second kappa shape index (κ2) is 10.7. The van der Waals surface area contributed by atoms with Crippen LogP contribution in [0.3, 0.4) is 0 Å². The number of aromatic nitrogens is 1. The third kappa shape index (κ3) is 5.92. The van der Waals surface area contributed by atoms with Crippen molar-refractivity contribution in [2.24, 2.45) is 4.99 Å². The molecule has 0 aliphatic rings. The van der Waals surface area contributed by atoms with Crippen LogP contribution in [0.15, 0.2) is 58.5 Å². The van der Waals surface area contributed by atoms with Crippen molar-refractivity contribution in [3.63, 3.8) is 0 Å². The van der Waals surface area contributed by atoms with E-state index in [1.165, 1.54) is 19.2 Å². The van der Waals surface area contributed by atoms with Crippen molar-refractivity contribution in [1.82, 2.24) is 20.3 Å². The number of aliphatic imine (C=N–C) groups is 1. The van der Waals surface area contributed by atoms with Gasteiger partial charge in [-0.05, 0) is 54.9 Å². The van der Waals surface area contributed by atoms with Crippen molar-refractivity contribution in [1.29, 1.82) is 0 Å². The lowest BCUT2D eigenvalue weighted by atomic mass is 10.1. The molecule has 7 nitrogen and oxygen atoms in total. The summed E-state index contributed by atoms with van der Waals surface area (Å²) in [4.78, 5) is 7.56. The summed E-state index contributed by atoms with van der Waals surface area (Å²) in [5, 5.41) is 7.30. The van der Waals surface area contributed by atoms with E-state index in [1.807, 2.05) is 6.20 Å². The molecule has 0 unspecified atom stereocenters. The average Bonchev–Trinajstić information content (AvgIpc) is 3.13. The van der Waals surface area contributed by atoms with E-state index in [0.29, 0.717) is 25.5 Å². The molecule has 3 rings (SSSR count). The number of benzene rings is 2. The highest BCUT2D eigenvalue weighted by atomic mass is 127. The van der Waals surface area contributed by atoms with E-state index in [1.54, 1.807) is 37.4 Å². The van der Waals surface area contributed by atoms with E-state index >= 15 is 0 Å². The van der Waals surface area contributed by atoms with Crippen LogP contribution in [-0.4, -0.2) is 40.0 Å². The van der Waals surface area contributed by atoms with Gasteiger partial charge in [0.2, 0.25) is 10.0 Å². The van der Waals surface area contributed by atoms with Crippen LogP contribution >= 0.6 is 24.0 Å². The molecule has 2 aromatic carbocycles. The molecule has 0 bridgehead atoms. The molecule has 0 aliphatic carbocycles. The number of H-pyrrole nitrogens is 1. The molecule has 0 saturated carbocycles. The van der Waals surface area contributed by atoms with Crippen LogP contribution in [-0.2, 0) is 23.0 Å². The molecule has 0 radical (unpaired) electrons. The minimum Gasteiger partial charge on any atom is -0.361 e. The van der Waals surface area contributed by atoms with Gasteiger partial charge in [-0.2, -0.15) is 0 Å². The molecule has 0 aliphatic heterocycles. The maximum atomic E-state index is 13.5. The van der Waals surface area contributed by atoms with Crippen LogP contribution in [0.25, 0.3) is 10.9 Å². The Kier molecular flexibility index (Phi) is 8.62. The molecule has 1 heterocycles. The summed E-state index contributed by atoms with van der Waals surface area (Å²) in [5.74, 6) is 0.375. The molecule has 1 aromatic heterocycles. The van der Waals surface area contributed by atoms with Gasteiger partial charge in [-0.1, -0.05) is 12.1 Å². The second-order valence-electron chi connectivity index (χ2n) is 6.46. The van der Waals surface area contributed by atoms with Crippen molar-refractivity contribution in [3.05, 3.63) is 65.6 Å². The van der Waals surface area contributed by atoms with Gasteiger partial charge >= 0.3 is 0 Å². The molecule has 162 valence electrons. The first-order chi connectivity index (χ1) is 13.9. The monoisotopic (exact) mass is 545 g/mol. The number of hydrogen-bond donors (Lipinski definition) is 4. The Hall–Kier alpha value is -2.18. The number of aromatic amines is 1. The molecule has 30 heavy (non-hydrogen) atoms. The summed E-state index contributed by atoms with van der Waals surface area (Å²) in [6, 6.07) is 11.3. The molecule has 4 N–H and O–H groups in total. The third-order valence-electron chi connectivity index (χ3n) is 4.60. The maximum Gasteiger partial charge on any atom is 0.240 e. The quantitative estimate of drug-likeness (QED) is 0.209. The van der Waals surface area contributed by atoms with E-state index < -0.39 is 10.0 Å². The Morgan fingerprint density at radius 1 is 1.13 bits per heavy atom. The molecule has 0 saturated heterocycles. The predicted octanol–water partition coefficient (Wildman–Crippen LogP) is 2.74. The first-order valence-corrected chi connectivity index (χ1v) is 10.6. The zero-order valence-electron chi connectivity index (χ0n) is 16.7. The number of halogens is 2. The molecule has 0 atom stereocenters. The highest BCUT2D eigenvalue weighted by Crippen LogP contribution is 2.19. The minimum absolute atomic E-state index is 0. The lowest BCUT2D eigenvalue weighted by Gasteiger charge is -2.12. The van der Waals surface area contributed by atoms with Gasteiger partial charge in [-0.25, -0.2) is 17.5 Å². The van der Waals surface area contributed by atoms with Crippen molar-refractivity contribution in [2.75, 3.05) is 20.6 Å². The smallest absolute Gasteiger partial charge is 0.240 e. The van der Waals surface area contributed by atoms with Crippen molar-refractivity contribution < 1.29 is 12.8 Å². The number of nitrogens with zero attached hydrogens (tertiary/aromatic N) is 1. The number of sulfonamides is 1. The zero-order chi connectivity index (χ0) is 20.9. The van der Waals surface area contributed by atoms with Crippen molar-refractivity contribution in [2.45, 2.75) is 17.9 Å². The standard InChI is InChI=1S/C20H24FN5O2S.HI/c1-22-20(26-12-14-3-6-17(7-4-14)29(27,28)23-2)24-10-9-15-13-25-19-8-5-16(21)11-18(15)19;/h3-8,11,13,23,25H,9-10,12H2,1-2H3,(H2,22,24,26);1H. The predicted molar refractivity (Wildman–Crippen MR) is 128 cm³/mol. The number of hydrogen-bond acceptors (Lipinski definition) is 3. The van der Waals surface area contributed by atoms with Gasteiger partial charge in [0.1, 0.15) is 5.82 Å². The first-order valence-electron chi connectivity index (χ1n) is 9.15. The fourth-order valence-electron chi connectivity index (χ4n) is 2.98. The van der Waals surface area contributed by atoms with E-state index in [4.69, 9.17) is 0 Å². The van der Waals surface area contributed by atoms with Crippen LogP contribution in [0.4, 0.5) is 4.39 Å². The van der Waals surface area contributed by atoms with Crippen LogP contribution in [0.2, 0.25) is 0 Å². The minimum atomic E-state index is -3.44. The van der Waals surface area contributed by atoms with Crippen molar-refractivity contribution >= 4 is 50.9 Å². The lowest BCUT2D eigenvalue weighted by molar-refractivity contribution is 0.588. The van der Waals surface area contributed by atoms with E-state index in [-0.39, 0.29) is 34.7 Å². The lowest BCUT2D eigenvalue weighted by Crippen LogP contribution is -2.37. The SMILES string of the molecule is CN=C(NCCc1c[nH]c2ccc(F)cc12)NCc1ccc(S(=O)(=O)NC)cc1.I. The summed E-state index contributed by atoms with van der Waals surface area (Å²) < 4.78 is 39.3. The van der Waals surface area contributed by atoms with Gasteiger partial charge in [-0.15, -0.1) is 24.0 Å². The topological polar surface area (TPSA) is 98.4 Å². The number of rotatable bonds is 7. The summed E-state index contributed by atoms with van der Waals surface area (Å²) in [7, 11) is -0.374. The van der Waals surface area contributed by atoms with Crippen LogP contribution in [0, 0.1) is 5.82 Å². The van der Waals surface area contributed by atoms with Gasteiger partial charge in [0.25, 0.3) is 0 Å². The average molecular weight is 545 g/mol. The van der Waals surface area contributed by atoms with Crippen LogP contribution < -0.4 is 15.4 Å².